The Bertz CT molecular complexity index is 316. The first-order valence-electron chi connectivity index (χ1n) is 5.12. The molecule has 1 heterocycles. The van der Waals surface area contributed by atoms with Crippen LogP contribution in [0.1, 0.15) is 18.4 Å². The standard InChI is InChI=1S/C11H17N3/c12-10-4-3-9(7-11(10)13)8-14-5-1-2-6-14/h3-4,7H,1-2,5-6,8,12-13H2. The summed E-state index contributed by atoms with van der Waals surface area (Å²) in [5.41, 5.74) is 14.0. The van der Waals surface area contributed by atoms with E-state index in [2.05, 4.69) is 11.0 Å². The zero-order chi connectivity index (χ0) is 9.97. The van der Waals surface area contributed by atoms with Crippen LogP contribution in [0.3, 0.4) is 0 Å². The SMILES string of the molecule is Nc1ccc(CN2CCCC2)cc1N. The topological polar surface area (TPSA) is 55.3 Å². The zero-order valence-corrected chi connectivity index (χ0v) is 8.37. The summed E-state index contributed by atoms with van der Waals surface area (Å²) in [6.45, 7) is 3.43. The molecule has 1 aromatic carbocycles. The van der Waals surface area contributed by atoms with E-state index in [1.165, 1.54) is 31.5 Å². The van der Waals surface area contributed by atoms with Crippen molar-refractivity contribution in [3.05, 3.63) is 23.8 Å². The predicted molar refractivity (Wildman–Crippen MR) is 59.8 cm³/mol. The van der Waals surface area contributed by atoms with Crippen LogP contribution in [-0.4, -0.2) is 18.0 Å². The van der Waals surface area contributed by atoms with Crippen molar-refractivity contribution >= 4 is 11.4 Å². The molecule has 1 aliphatic rings. The van der Waals surface area contributed by atoms with Gasteiger partial charge in [0.15, 0.2) is 0 Å². The molecule has 14 heavy (non-hydrogen) atoms. The average molecular weight is 191 g/mol. The third-order valence-electron chi connectivity index (χ3n) is 2.76. The lowest BCUT2D eigenvalue weighted by Crippen LogP contribution is -2.18. The number of rotatable bonds is 2. The fraction of sp³-hybridized carbons (Fsp3) is 0.455. The van der Waals surface area contributed by atoms with Gasteiger partial charge in [-0.2, -0.15) is 0 Å². The number of nitrogen functional groups attached to an aromatic ring is 2. The molecular formula is C11H17N3. The van der Waals surface area contributed by atoms with Crippen LogP contribution in [0.5, 0.6) is 0 Å². The summed E-state index contributed by atoms with van der Waals surface area (Å²) in [5, 5.41) is 0. The van der Waals surface area contributed by atoms with Gasteiger partial charge in [-0.25, -0.2) is 0 Å². The highest BCUT2D eigenvalue weighted by molar-refractivity contribution is 5.63. The largest absolute Gasteiger partial charge is 0.397 e. The van der Waals surface area contributed by atoms with Crippen molar-refractivity contribution in [2.45, 2.75) is 19.4 Å². The second kappa shape index (κ2) is 3.88. The monoisotopic (exact) mass is 191 g/mol. The molecule has 1 saturated heterocycles. The Kier molecular flexibility index (Phi) is 2.59. The van der Waals surface area contributed by atoms with Gasteiger partial charge in [-0.3, -0.25) is 4.90 Å². The van der Waals surface area contributed by atoms with Gasteiger partial charge in [0.25, 0.3) is 0 Å². The number of benzene rings is 1. The maximum atomic E-state index is 5.75. The van der Waals surface area contributed by atoms with E-state index in [-0.39, 0.29) is 0 Å². The first kappa shape index (κ1) is 9.34. The van der Waals surface area contributed by atoms with Crippen LogP contribution in [0.2, 0.25) is 0 Å². The fourth-order valence-electron chi connectivity index (χ4n) is 1.92. The van der Waals surface area contributed by atoms with E-state index in [9.17, 15) is 0 Å². The Morgan fingerprint density at radius 1 is 1.07 bits per heavy atom. The number of hydrogen-bond donors (Lipinski definition) is 2. The highest BCUT2D eigenvalue weighted by atomic mass is 15.1. The summed E-state index contributed by atoms with van der Waals surface area (Å²) in [6, 6.07) is 5.93. The van der Waals surface area contributed by atoms with Gasteiger partial charge in [-0.15, -0.1) is 0 Å². The van der Waals surface area contributed by atoms with Gasteiger partial charge in [0, 0.05) is 6.54 Å². The van der Waals surface area contributed by atoms with Gasteiger partial charge in [0.2, 0.25) is 0 Å². The van der Waals surface area contributed by atoms with Crippen LogP contribution in [0.25, 0.3) is 0 Å². The number of anilines is 2. The normalized spacial score (nSPS) is 17.4. The van der Waals surface area contributed by atoms with Crippen LogP contribution >= 0.6 is 0 Å². The summed E-state index contributed by atoms with van der Waals surface area (Å²) in [6.07, 6.45) is 2.65. The summed E-state index contributed by atoms with van der Waals surface area (Å²) in [4.78, 5) is 2.45. The minimum absolute atomic E-state index is 0.676. The van der Waals surface area contributed by atoms with Crippen molar-refractivity contribution in [3.8, 4) is 0 Å². The van der Waals surface area contributed by atoms with Crippen LogP contribution in [-0.2, 0) is 6.54 Å². The molecule has 0 saturated carbocycles. The minimum Gasteiger partial charge on any atom is -0.397 e. The van der Waals surface area contributed by atoms with E-state index in [4.69, 9.17) is 11.5 Å². The minimum atomic E-state index is 0.676. The van der Waals surface area contributed by atoms with Gasteiger partial charge < -0.3 is 11.5 Å². The van der Waals surface area contributed by atoms with Gasteiger partial charge in [0.05, 0.1) is 11.4 Å². The quantitative estimate of drug-likeness (QED) is 0.696. The molecule has 3 nitrogen and oxygen atoms in total. The second-order valence-electron chi connectivity index (χ2n) is 3.95. The summed E-state index contributed by atoms with van der Waals surface area (Å²) < 4.78 is 0. The summed E-state index contributed by atoms with van der Waals surface area (Å²) in [5.74, 6) is 0. The highest BCUT2D eigenvalue weighted by Gasteiger charge is 2.11. The Hall–Kier alpha value is -1.22. The Balaban J connectivity index is 2.05. The molecule has 3 heteroatoms. The van der Waals surface area contributed by atoms with Crippen LogP contribution in [0.15, 0.2) is 18.2 Å². The van der Waals surface area contributed by atoms with Crippen LogP contribution < -0.4 is 11.5 Å². The van der Waals surface area contributed by atoms with E-state index >= 15 is 0 Å². The predicted octanol–water partition coefficient (Wildman–Crippen LogP) is 1.45. The third-order valence-corrected chi connectivity index (χ3v) is 2.76. The van der Waals surface area contributed by atoms with E-state index in [1.54, 1.807) is 0 Å². The van der Waals surface area contributed by atoms with E-state index in [0.29, 0.717) is 11.4 Å². The van der Waals surface area contributed by atoms with E-state index < -0.39 is 0 Å². The Morgan fingerprint density at radius 2 is 1.79 bits per heavy atom. The van der Waals surface area contributed by atoms with Gasteiger partial charge in [0.1, 0.15) is 0 Å². The first-order valence-corrected chi connectivity index (χ1v) is 5.12. The smallest absolute Gasteiger partial charge is 0.0551 e. The van der Waals surface area contributed by atoms with Crippen LogP contribution in [0.4, 0.5) is 11.4 Å². The van der Waals surface area contributed by atoms with Crippen molar-refractivity contribution in [1.82, 2.24) is 4.90 Å². The van der Waals surface area contributed by atoms with Gasteiger partial charge in [-0.1, -0.05) is 6.07 Å². The Morgan fingerprint density at radius 3 is 2.43 bits per heavy atom. The molecule has 1 fully saturated rings. The van der Waals surface area contributed by atoms with Gasteiger partial charge in [-0.05, 0) is 43.6 Å². The zero-order valence-electron chi connectivity index (χ0n) is 8.37. The molecule has 4 N–H and O–H groups in total. The maximum absolute atomic E-state index is 5.75. The molecule has 0 atom stereocenters. The molecule has 1 aliphatic heterocycles. The van der Waals surface area contributed by atoms with Crippen molar-refractivity contribution in [3.63, 3.8) is 0 Å². The molecule has 76 valence electrons. The molecular weight excluding hydrogens is 174 g/mol. The molecule has 2 rings (SSSR count). The molecule has 0 aromatic heterocycles. The molecule has 0 spiro atoms. The number of hydrogen-bond acceptors (Lipinski definition) is 3. The van der Waals surface area contributed by atoms with Crippen molar-refractivity contribution in [2.24, 2.45) is 0 Å². The van der Waals surface area contributed by atoms with E-state index in [0.717, 1.165) is 6.54 Å². The Labute approximate surface area is 84.7 Å². The number of nitrogens with two attached hydrogens (primary N) is 2. The van der Waals surface area contributed by atoms with Crippen molar-refractivity contribution in [1.29, 1.82) is 0 Å². The molecule has 0 radical (unpaired) electrons. The lowest BCUT2D eigenvalue weighted by molar-refractivity contribution is 0.331. The maximum Gasteiger partial charge on any atom is 0.0551 e. The second-order valence-corrected chi connectivity index (χ2v) is 3.95. The lowest BCUT2D eigenvalue weighted by atomic mass is 10.1. The highest BCUT2D eigenvalue weighted by Crippen LogP contribution is 2.18. The molecule has 1 aromatic rings. The van der Waals surface area contributed by atoms with Crippen LogP contribution in [0, 0.1) is 0 Å². The van der Waals surface area contributed by atoms with Gasteiger partial charge >= 0.3 is 0 Å². The summed E-state index contributed by atoms with van der Waals surface area (Å²) >= 11 is 0. The lowest BCUT2D eigenvalue weighted by Gasteiger charge is -2.15. The molecule has 0 amide bonds. The third kappa shape index (κ3) is 1.99. The molecule has 0 unspecified atom stereocenters. The van der Waals surface area contributed by atoms with E-state index in [1.807, 2.05) is 12.1 Å². The van der Waals surface area contributed by atoms with Crippen molar-refractivity contribution in [2.75, 3.05) is 24.6 Å². The summed E-state index contributed by atoms with van der Waals surface area (Å²) in [7, 11) is 0. The number of nitrogens with zero attached hydrogens (tertiary/aromatic N) is 1. The molecule has 0 bridgehead atoms. The average Bonchev–Trinajstić information content (AvgIpc) is 2.64. The van der Waals surface area contributed by atoms with Crippen molar-refractivity contribution < 1.29 is 0 Å². The fourth-order valence-corrected chi connectivity index (χ4v) is 1.92. The number of likely N-dealkylation sites (tertiary alicyclic amines) is 1. The first-order chi connectivity index (χ1) is 6.75. The molecule has 0 aliphatic carbocycles.